The van der Waals surface area contributed by atoms with Gasteiger partial charge in [0, 0.05) is 41.3 Å². The summed E-state index contributed by atoms with van der Waals surface area (Å²) in [5.41, 5.74) is 0.731. The molecule has 3 atom stereocenters. The summed E-state index contributed by atoms with van der Waals surface area (Å²) >= 11 is 0. The number of rotatable bonds is 13. The standard InChI is InChI=1S/C28H37NO7.CH4.2H2/c1-32-19-22-4-3-12-29(22)18-21(28(31)20-5-10-26-27(17-20)36-15-14-35-26)16-23(30)11-13-34-25-8-6-24(33-2)7-9-25;;;/h5-10,17,21-22,28,31H,3-4,11-16,18-19H2,1-2H3;1H4;2*1H/t21-,22+,28+;;;/m1.../s1. The summed E-state index contributed by atoms with van der Waals surface area (Å²) in [5.74, 6) is 2.56. The van der Waals surface area contributed by atoms with Crippen LogP contribution in [-0.2, 0) is 9.53 Å². The van der Waals surface area contributed by atoms with E-state index < -0.39 is 6.10 Å². The van der Waals surface area contributed by atoms with Gasteiger partial charge in [-0.2, -0.15) is 0 Å². The van der Waals surface area contributed by atoms with Gasteiger partial charge in [-0.3, -0.25) is 9.69 Å². The number of ether oxygens (including phenoxy) is 5. The third-order valence-corrected chi connectivity index (χ3v) is 6.88. The molecule has 0 aliphatic carbocycles. The van der Waals surface area contributed by atoms with Crippen molar-refractivity contribution in [3.8, 4) is 23.0 Å². The van der Waals surface area contributed by atoms with Crippen LogP contribution in [0.3, 0.4) is 0 Å². The molecule has 0 unspecified atom stereocenters. The topological polar surface area (TPSA) is 86.7 Å². The van der Waals surface area contributed by atoms with E-state index in [1.54, 1.807) is 14.2 Å². The minimum atomic E-state index is -0.809. The maximum absolute atomic E-state index is 13.0. The van der Waals surface area contributed by atoms with Crippen LogP contribution in [0.25, 0.3) is 0 Å². The number of hydrogen-bond acceptors (Lipinski definition) is 8. The van der Waals surface area contributed by atoms with Crippen LogP contribution in [0.15, 0.2) is 42.5 Å². The van der Waals surface area contributed by atoms with E-state index in [1.807, 2.05) is 42.5 Å². The third-order valence-electron chi connectivity index (χ3n) is 6.88. The Hall–Kier alpha value is -2.81. The fraction of sp³-hybridized carbons (Fsp3) is 0.552. The van der Waals surface area contributed by atoms with E-state index in [9.17, 15) is 9.90 Å². The molecule has 8 nitrogen and oxygen atoms in total. The molecule has 1 fully saturated rings. The Kier molecular flexibility index (Phi) is 11.0. The van der Waals surface area contributed by atoms with Crippen molar-refractivity contribution in [2.75, 3.05) is 53.7 Å². The Bertz CT molecular complexity index is 992. The van der Waals surface area contributed by atoms with Crippen LogP contribution in [-0.4, -0.2) is 75.6 Å². The highest BCUT2D eigenvalue weighted by Gasteiger charge is 2.32. The van der Waals surface area contributed by atoms with Gasteiger partial charge >= 0.3 is 0 Å². The molecule has 2 heterocycles. The predicted octanol–water partition coefficient (Wildman–Crippen LogP) is 4.78. The second kappa shape index (κ2) is 14.2. The summed E-state index contributed by atoms with van der Waals surface area (Å²) in [5, 5.41) is 11.4. The van der Waals surface area contributed by atoms with E-state index in [2.05, 4.69) is 4.90 Å². The Labute approximate surface area is 223 Å². The Morgan fingerprint density at radius 1 is 1.11 bits per heavy atom. The molecule has 208 valence electrons. The number of benzene rings is 2. The highest BCUT2D eigenvalue weighted by atomic mass is 16.6. The molecule has 2 aromatic carbocycles. The van der Waals surface area contributed by atoms with Crippen LogP contribution in [0.1, 0.15) is 47.6 Å². The average Bonchev–Trinajstić information content (AvgIpc) is 3.34. The maximum atomic E-state index is 13.0. The lowest BCUT2D eigenvalue weighted by molar-refractivity contribution is -0.121. The van der Waals surface area contributed by atoms with E-state index in [4.69, 9.17) is 23.7 Å². The van der Waals surface area contributed by atoms with E-state index in [0.29, 0.717) is 49.7 Å². The van der Waals surface area contributed by atoms with Gasteiger partial charge in [0.2, 0.25) is 0 Å². The number of ketones is 1. The summed E-state index contributed by atoms with van der Waals surface area (Å²) < 4.78 is 27.7. The van der Waals surface area contributed by atoms with Crippen LogP contribution >= 0.6 is 0 Å². The van der Waals surface area contributed by atoms with Crippen molar-refractivity contribution in [3.63, 3.8) is 0 Å². The monoisotopic (exact) mass is 519 g/mol. The van der Waals surface area contributed by atoms with Gasteiger partial charge in [-0.15, -0.1) is 0 Å². The number of likely N-dealkylation sites (tertiary alicyclic amines) is 1. The van der Waals surface area contributed by atoms with Crippen molar-refractivity contribution in [3.05, 3.63) is 48.0 Å². The van der Waals surface area contributed by atoms with Crippen LogP contribution in [0.2, 0.25) is 0 Å². The van der Waals surface area contributed by atoms with Crippen LogP contribution in [0.4, 0.5) is 0 Å². The molecule has 0 aromatic heterocycles. The highest BCUT2D eigenvalue weighted by molar-refractivity contribution is 5.78. The zero-order valence-corrected chi connectivity index (χ0v) is 21.2. The van der Waals surface area contributed by atoms with Gasteiger partial charge in [0.15, 0.2) is 11.5 Å². The molecular weight excluding hydrogens is 474 g/mol. The number of aliphatic hydroxyl groups excluding tert-OH is 1. The largest absolute Gasteiger partial charge is 0.497 e. The second-order valence-electron chi connectivity index (χ2n) is 9.37. The number of nitrogens with zero attached hydrogens (tertiary/aromatic N) is 1. The molecule has 8 heteroatoms. The molecule has 2 aromatic rings. The first-order valence-corrected chi connectivity index (χ1v) is 12.7. The molecule has 1 N–H and O–H groups in total. The van der Waals surface area contributed by atoms with Crippen LogP contribution < -0.4 is 18.9 Å². The van der Waals surface area contributed by atoms with Gasteiger partial charge in [0.05, 0.1) is 26.4 Å². The van der Waals surface area contributed by atoms with Crippen molar-refractivity contribution in [1.29, 1.82) is 0 Å². The van der Waals surface area contributed by atoms with Gasteiger partial charge in [-0.25, -0.2) is 0 Å². The third kappa shape index (κ3) is 7.84. The molecule has 2 aliphatic rings. The van der Waals surface area contributed by atoms with E-state index in [0.717, 1.165) is 30.7 Å². The lowest BCUT2D eigenvalue weighted by Gasteiger charge is -2.31. The van der Waals surface area contributed by atoms with Crippen molar-refractivity contribution in [2.45, 2.75) is 45.3 Å². The predicted molar refractivity (Wildman–Crippen MR) is 146 cm³/mol. The average molecular weight is 520 g/mol. The quantitative estimate of drug-likeness (QED) is 0.405. The number of methoxy groups -OCH3 is 2. The first-order valence-electron chi connectivity index (χ1n) is 12.7. The number of carbonyl (C=O) groups is 1. The Morgan fingerprint density at radius 3 is 2.57 bits per heavy atom. The van der Waals surface area contributed by atoms with Crippen LogP contribution in [0, 0.1) is 5.92 Å². The van der Waals surface area contributed by atoms with Crippen molar-refractivity contribution in [2.24, 2.45) is 5.92 Å². The number of Topliss-reactive ketones (excluding diaryl/α,β-unsaturated/α-hetero) is 1. The van der Waals surface area contributed by atoms with Gasteiger partial charge in [-0.1, -0.05) is 13.5 Å². The van der Waals surface area contributed by atoms with Crippen molar-refractivity contribution >= 4 is 5.78 Å². The minimum Gasteiger partial charge on any atom is -0.497 e. The molecule has 0 radical (unpaired) electrons. The Morgan fingerprint density at radius 2 is 1.84 bits per heavy atom. The number of aliphatic hydroxyl groups is 1. The molecule has 0 saturated carbocycles. The second-order valence-corrected chi connectivity index (χ2v) is 9.37. The normalized spacial score (nSPS) is 18.5. The summed E-state index contributed by atoms with van der Waals surface area (Å²) in [6, 6.07) is 13.1. The number of fused-ring (bicyclic) bond motifs is 1. The summed E-state index contributed by atoms with van der Waals surface area (Å²) in [7, 11) is 3.33. The summed E-state index contributed by atoms with van der Waals surface area (Å²) in [4.78, 5) is 15.3. The van der Waals surface area contributed by atoms with E-state index in [-0.39, 0.29) is 41.4 Å². The van der Waals surface area contributed by atoms with Gasteiger partial charge in [-0.05, 0) is 61.3 Å². The molecule has 1 saturated heterocycles. The van der Waals surface area contributed by atoms with Gasteiger partial charge < -0.3 is 28.8 Å². The van der Waals surface area contributed by atoms with Gasteiger partial charge in [0.25, 0.3) is 0 Å². The maximum Gasteiger partial charge on any atom is 0.161 e. The lowest BCUT2D eigenvalue weighted by atomic mass is 9.89. The first-order chi connectivity index (χ1) is 17.6. The smallest absolute Gasteiger partial charge is 0.161 e. The van der Waals surface area contributed by atoms with E-state index in [1.165, 1.54) is 0 Å². The summed E-state index contributed by atoms with van der Waals surface area (Å²) in [6.07, 6.45) is 1.88. The zero-order valence-electron chi connectivity index (χ0n) is 21.2. The first kappa shape index (κ1) is 28.8. The molecule has 0 bridgehead atoms. The molecular formula is C29H45NO7. The highest BCUT2D eigenvalue weighted by Crippen LogP contribution is 2.36. The molecule has 37 heavy (non-hydrogen) atoms. The van der Waals surface area contributed by atoms with Crippen molar-refractivity contribution < 1.29 is 36.4 Å². The molecule has 0 amide bonds. The Balaban J connectivity index is 0.00000253. The van der Waals surface area contributed by atoms with Crippen molar-refractivity contribution in [1.82, 2.24) is 4.90 Å². The SMILES string of the molecule is C.COC[C@@H]1CCCN1C[C@@H](CC(=O)CCOc1ccc(OC)cc1)[C@@H](O)c1ccc2c(c1)OCCO2.[HH].[HH]. The fourth-order valence-corrected chi connectivity index (χ4v) is 4.96. The number of hydrogen-bond donors (Lipinski definition) is 1. The van der Waals surface area contributed by atoms with Gasteiger partial charge in [0.1, 0.15) is 30.5 Å². The fourth-order valence-electron chi connectivity index (χ4n) is 4.96. The molecule has 0 spiro atoms. The molecule has 2 aliphatic heterocycles. The summed E-state index contributed by atoms with van der Waals surface area (Å²) in [6.45, 7) is 3.49. The minimum absolute atomic E-state index is 0. The zero-order chi connectivity index (χ0) is 25.3. The number of carbonyl (C=O) groups excluding carboxylic acids is 1. The van der Waals surface area contributed by atoms with Crippen LogP contribution in [0.5, 0.6) is 23.0 Å². The lowest BCUT2D eigenvalue weighted by Crippen LogP contribution is -2.39. The van der Waals surface area contributed by atoms with E-state index >= 15 is 0 Å². The molecule has 4 rings (SSSR count).